The molecular weight excluding hydrogens is 524 g/mol. The third-order valence-corrected chi connectivity index (χ3v) is 8.58. The smallest absolute Gasteiger partial charge is 0.135 e. The molecule has 2 aromatic heterocycles. The molecule has 9 rings (SSSR count). The molecule has 7 aromatic carbocycles. The second kappa shape index (κ2) is 9.37. The lowest BCUT2D eigenvalue weighted by Crippen LogP contribution is -1.94. The molecule has 43 heavy (non-hydrogen) atoms. The standard InChI is InChI=1S/C40H26N2O/c1-2-11-30-26(9-1)10-7-14-31(30)27-19-21-28(22-20-27)41-35-15-8-17-37-40(35)33-13-3-5-16-36(33)42(37)29-23-24-39-34(25-29)32-12-4-6-18-38(32)43-39/h1-25,41H. The second-order valence-electron chi connectivity index (χ2n) is 11.1. The normalized spacial score (nSPS) is 11.7. The predicted octanol–water partition coefficient (Wildman–Crippen LogP) is 11.2. The van der Waals surface area contributed by atoms with Crippen LogP contribution in [0.1, 0.15) is 0 Å². The van der Waals surface area contributed by atoms with E-state index < -0.39 is 0 Å². The van der Waals surface area contributed by atoms with Crippen molar-refractivity contribution in [3.05, 3.63) is 152 Å². The van der Waals surface area contributed by atoms with E-state index in [4.69, 9.17) is 4.42 Å². The van der Waals surface area contributed by atoms with E-state index in [-0.39, 0.29) is 0 Å². The van der Waals surface area contributed by atoms with Gasteiger partial charge < -0.3 is 14.3 Å². The number of furan rings is 1. The molecule has 0 spiro atoms. The van der Waals surface area contributed by atoms with E-state index in [0.717, 1.165) is 44.5 Å². The Labute approximate surface area is 248 Å². The van der Waals surface area contributed by atoms with Gasteiger partial charge in [0.15, 0.2) is 0 Å². The van der Waals surface area contributed by atoms with Crippen LogP contribution in [0.2, 0.25) is 0 Å². The number of para-hydroxylation sites is 2. The molecule has 0 atom stereocenters. The predicted molar refractivity (Wildman–Crippen MR) is 181 cm³/mol. The van der Waals surface area contributed by atoms with Crippen LogP contribution < -0.4 is 5.32 Å². The summed E-state index contributed by atoms with van der Waals surface area (Å²) in [5, 5.41) is 10.9. The van der Waals surface area contributed by atoms with E-state index in [9.17, 15) is 0 Å². The van der Waals surface area contributed by atoms with Crippen LogP contribution in [-0.2, 0) is 0 Å². The van der Waals surface area contributed by atoms with Crippen LogP contribution in [0.25, 0.3) is 71.3 Å². The van der Waals surface area contributed by atoms with E-state index in [1.165, 1.54) is 38.2 Å². The summed E-state index contributed by atoms with van der Waals surface area (Å²) in [5.74, 6) is 0. The zero-order valence-corrected chi connectivity index (χ0v) is 23.3. The van der Waals surface area contributed by atoms with E-state index in [1.807, 2.05) is 12.1 Å². The summed E-state index contributed by atoms with van der Waals surface area (Å²) in [7, 11) is 0. The maximum atomic E-state index is 6.12. The third kappa shape index (κ3) is 3.75. The molecule has 0 amide bonds. The molecule has 0 unspecified atom stereocenters. The number of hydrogen-bond acceptors (Lipinski definition) is 2. The van der Waals surface area contributed by atoms with Crippen LogP contribution >= 0.6 is 0 Å². The van der Waals surface area contributed by atoms with Crippen molar-refractivity contribution in [3.63, 3.8) is 0 Å². The molecule has 0 saturated heterocycles. The minimum Gasteiger partial charge on any atom is -0.456 e. The van der Waals surface area contributed by atoms with Crippen LogP contribution in [-0.4, -0.2) is 4.57 Å². The Morgan fingerprint density at radius 3 is 2.09 bits per heavy atom. The zero-order valence-electron chi connectivity index (χ0n) is 23.3. The van der Waals surface area contributed by atoms with Crippen molar-refractivity contribution in [1.82, 2.24) is 4.57 Å². The van der Waals surface area contributed by atoms with Gasteiger partial charge in [0.25, 0.3) is 0 Å². The molecule has 0 aliphatic carbocycles. The van der Waals surface area contributed by atoms with Gasteiger partial charge in [0.1, 0.15) is 11.2 Å². The highest BCUT2D eigenvalue weighted by Gasteiger charge is 2.16. The molecular formula is C40H26N2O. The maximum Gasteiger partial charge on any atom is 0.135 e. The van der Waals surface area contributed by atoms with Crippen LogP contribution in [0.4, 0.5) is 11.4 Å². The topological polar surface area (TPSA) is 30.1 Å². The van der Waals surface area contributed by atoms with E-state index in [2.05, 4.69) is 149 Å². The summed E-state index contributed by atoms with van der Waals surface area (Å²) in [4.78, 5) is 0. The summed E-state index contributed by atoms with van der Waals surface area (Å²) < 4.78 is 8.49. The summed E-state index contributed by atoms with van der Waals surface area (Å²) in [5.41, 5.74) is 9.85. The molecule has 0 radical (unpaired) electrons. The highest BCUT2D eigenvalue weighted by Crippen LogP contribution is 2.39. The number of nitrogens with zero attached hydrogens (tertiary/aromatic N) is 1. The van der Waals surface area contributed by atoms with Crippen molar-refractivity contribution in [3.8, 4) is 16.8 Å². The number of benzene rings is 7. The Hall–Kier alpha value is -5.80. The second-order valence-corrected chi connectivity index (χ2v) is 11.1. The summed E-state index contributed by atoms with van der Waals surface area (Å²) >= 11 is 0. The van der Waals surface area contributed by atoms with Crippen molar-refractivity contribution in [2.45, 2.75) is 0 Å². The fourth-order valence-electron chi connectivity index (χ4n) is 6.62. The molecule has 1 N–H and O–H groups in total. The van der Waals surface area contributed by atoms with Gasteiger partial charge in [0.2, 0.25) is 0 Å². The lowest BCUT2D eigenvalue weighted by Gasteiger charge is -2.12. The zero-order chi connectivity index (χ0) is 28.3. The van der Waals surface area contributed by atoms with Crippen LogP contribution in [0.3, 0.4) is 0 Å². The van der Waals surface area contributed by atoms with Gasteiger partial charge in [-0.3, -0.25) is 0 Å². The Kier molecular flexibility index (Phi) is 5.20. The molecule has 2 heterocycles. The maximum absolute atomic E-state index is 6.12. The third-order valence-electron chi connectivity index (χ3n) is 8.58. The Balaban J connectivity index is 1.16. The lowest BCUT2D eigenvalue weighted by atomic mass is 9.98. The SMILES string of the molecule is c1ccc2c(-c3ccc(Nc4cccc5c4c4ccccc4n5-c4ccc5oc6ccccc6c5c4)cc3)cccc2c1. The largest absolute Gasteiger partial charge is 0.456 e. The average molecular weight is 551 g/mol. The minimum absolute atomic E-state index is 0.903. The molecule has 0 bridgehead atoms. The van der Waals surface area contributed by atoms with E-state index in [1.54, 1.807) is 0 Å². The first kappa shape index (κ1) is 23.9. The summed E-state index contributed by atoms with van der Waals surface area (Å²) in [6.45, 7) is 0. The summed E-state index contributed by atoms with van der Waals surface area (Å²) in [6, 6.07) is 53.7. The van der Waals surface area contributed by atoms with Gasteiger partial charge in [-0.25, -0.2) is 0 Å². The highest BCUT2D eigenvalue weighted by molar-refractivity contribution is 6.16. The molecule has 0 saturated carbocycles. The molecule has 0 aliphatic heterocycles. The van der Waals surface area contributed by atoms with Gasteiger partial charge in [-0.1, -0.05) is 97.1 Å². The number of fused-ring (bicyclic) bond motifs is 7. The Morgan fingerprint density at radius 2 is 1.19 bits per heavy atom. The van der Waals surface area contributed by atoms with Crippen molar-refractivity contribution in [2.75, 3.05) is 5.32 Å². The van der Waals surface area contributed by atoms with Crippen LogP contribution in [0.5, 0.6) is 0 Å². The quantitative estimate of drug-likeness (QED) is 0.236. The minimum atomic E-state index is 0.903. The van der Waals surface area contributed by atoms with Crippen LogP contribution in [0, 0.1) is 0 Å². The lowest BCUT2D eigenvalue weighted by molar-refractivity contribution is 0.669. The fourth-order valence-corrected chi connectivity index (χ4v) is 6.62. The van der Waals surface area contributed by atoms with E-state index in [0.29, 0.717) is 0 Å². The Bertz CT molecular complexity index is 2480. The van der Waals surface area contributed by atoms with Gasteiger partial charge in [0.05, 0.1) is 11.0 Å². The van der Waals surface area contributed by atoms with Crippen molar-refractivity contribution in [1.29, 1.82) is 0 Å². The van der Waals surface area contributed by atoms with Gasteiger partial charge >= 0.3 is 0 Å². The first-order valence-corrected chi connectivity index (χ1v) is 14.6. The van der Waals surface area contributed by atoms with Gasteiger partial charge in [0, 0.05) is 38.6 Å². The molecule has 3 nitrogen and oxygen atoms in total. The number of rotatable bonds is 4. The van der Waals surface area contributed by atoms with Gasteiger partial charge in [-0.15, -0.1) is 0 Å². The van der Waals surface area contributed by atoms with Crippen molar-refractivity contribution >= 4 is 65.9 Å². The van der Waals surface area contributed by atoms with Crippen molar-refractivity contribution < 1.29 is 4.42 Å². The van der Waals surface area contributed by atoms with Crippen LogP contribution in [0.15, 0.2) is 156 Å². The number of hydrogen-bond donors (Lipinski definition) is 1. The van der Waals surface area contributed by atoms with Gasteiger partial charge in [-0.2, -0.15) is 0 Å². The molecule has 3 heteroatoms. The number of nitrogens with one attached hydrogen (secondary N) is 1. The van der Waals surface area contributed by atoms with E-state index >= 15 is 0 Å². The van der Waals surface area contributed by atoms with Crippen molar-refractivity contribution in [2.24, 2.45) is 0 Å². The number of aromatic nitrogens is 1. The number of anilines is 2. The molecule has 0 fully saturated rings. The fraction of sp³-hybridized carbons (Fsp3) is 0. The highest BCUT2D eigenvalue weighted by atomic mass is 16.3. The molecule has 9 aromatic rings. The first-order valence-electron chi connectivity index (χ1n) is 14.6. The average Bonchev–Trinajstić information content (AvgIpc) is 3.61. The molecule has 0 aliphatic rings. The Morgan fingerprint density at radius 1 is 0.488 bits per heavy atom. The monoisotopic (exact) mass is 550 g/mol. The molecule has 202 valence electrons. The first-order chi connectivity index (χ1) is 21.3. The van der Waals surface area contributed by atoms with Gasteiger partial charge in [-0.05, 0) is 76.5 Å². The summed E-state index contributed by atoms with van der Waals surface area (Å²) in [6.07, 6.45) is 0.